The Bertz CT molecular complexity index is 397. The molecule has 0 spiro atoms. The first-order chi connectivity index (χ1) is 7.61. The van der Waals surface area contributed by atoms with Gasteiger partial charge in [0.25, 0.3) is 0 Å². The Morgan fingerprint density at radius 3 is 3.06 bits per heavy atom. The molecule has 1 aromatic rings. The quantitative estimate of drug-likeness (QED) is 0.899. The fourth-order valence-corrected chi connectivity index (χ4v) is 3.24. The van der Waals surface area contributed by atoms with Crippen molar-refractivity contribution in [2.24, 2.45) is 0 Å². The van der Waals surface area contributed by atoms with E-state index in [0.717, 1.165) is 22.3 Å². The molecule has 2 rings (SSSR count). The summed E-state index contributed by atoms with van der Waals surface area (Å²) in [6.45, 7) is 2.14. The molecule has 2 atom stereocenters. The maximum absolute atomic E-state index is 9.05. The van der Waals surface area contributed by atoms with Crippen LogP contribution in [-0.2, 0) is 6.42 Å². The van der Waals surface area contributed by atoms with E-state index in [2.05, 4.69) is 21.2 Å². The smallest absolute Gasteiger partial charge is 0.0582 e. The van der Waals surface area contributed by atoms with E-state index in [1.165, 1.54) is 11.1 Å². The van der Waals surface area contributed by atoms with E-state index in [9.17, 15) is 0 Å². The van der Waals surface area contributed by atoms with Crippen LogP contribution < -0.4 is 5.32 Å². The van der Waals surface area contributed by atoms with Crippen molar-refractivity contribution < 1.29 is 5.11 Å². The number of rotatable bonds is 3. The summed E-state index contributed by atoms with van der Waals surface area (Å²) in [4.78, 5) is 0. The first-order valence-corrected chi connectivity index (χ1v) is 6.63. The zero-order valence-corrected chi connectivity index (χ0v) is 11.5. The third-order valence-electron chi connectivity index (χ3n) is 3.01. The van der Waals surface area contributed by atoms with Gasteiger partial charge in [0.1, 0.15) is 0 Å². The number of fused-ring (bicyclic) bond motifs is 1. The molecule has 1 aliphatic carbocycles. The van der Waals surface area contributed by atoms with E-state index in [4.69, 9.17) is 16.7 Å². The number of aliphatic hydroxyl groups is 1. The molecule has 0 saturated heterocycles. The normalized spacial score (nSPS) is 20.9. The second kappa shape index (κ2) is 5.05. The second-order valence-corrected chi connectivity index (χ2v) is 5.59. The van der Waals surface area contributed by atoms with E-state index in [-0.39, 0.29) is 12.6 Å². The van der Waals surface area contributed by atoms with Crippen molar-refractivity contribution in [1.82, 2.24) is 5.32 Å². The average molecular weight is 305 g/mol. The summed E-state index contributed by atoms with van der Waals surface area (Å²) in [5, 5.41) is 13.2. The van der Waals surface area contributed by atoms with Crippen molar-refractivity contribution >= 4 is 27.5 Å². The van der Waals surface area contributed by atoms with Gasteiger partial charge in [-0.3, -0.25) is 0 Å². The van der Waals surface area contributed by atoms with Gasteiger partial charge in [-0.2, -0.15) is 0 Å². The molecule has 1 aliphatic rings. The summed E-state index contributed by atoms with van der Waals surface area (Å²) >= 11 is 9.60. The molecular formula is C12H15BrClNO. The minimum atomic E-state index is 0.119. The Balaban J connectivity index is 2.25. The largest absolute Gasteiger partial charge is 0.395 e. The van der Waals surface area contributed by atoms with Gasteiger partial charge in [-0.1, -0.05) is 27.5 Å². The summed E-state index contributed by atoms with van der Waals surface area (Å²) in [6.07, 6.45) is 2.13. The molecule has 0 aliphatic heterocycles. The van der Waals surface area contributed by atoms with E-state index in [0.29, 0.717) is 6.04 Å². The van der Waals surface area contributed by atoms with Crippen LogP contribution in [0, 0.1) is 0 Å². The van der Waals surface area contributed by atoms with Gasteiger partial charge in [-0.05, 0) is 43.0 Å². The molecule has 2 N–H and O–H groups in total. The molecule has 0 amide bonds. The summed E-state index contributed by atoms with van der Waals surface area (Å²) in [5.41, 5.74) is 2.60. The van der Waals surface area contributed by atoms with Crippen molar-refractivity contribution in [3.05, 3.63) is 32.8 Å². The first-order valence-electron chi connectivity index (χ1n) is 5.46. The number of benzene rings is 1. The fraction of sp³-hybridized carbons (Fsp3) is 0.500. The molecule has 0 fully saturated rings. The molecule has 0 heterocycles. The number of aliphatic hydroxyl groups excluding tert-OH is 1. The number of halogens is 2. The SMILES string of the molecule is C[C@@H](CO)NC1CCc2c(Br)cc(Cl)cc21. The average Bonchev–Trinajstić information content (AvgIpc) is 2.61. The molecule has 16 heavy (non-hydrogen) atoms. The van der Waals surface area contributed by atoms with Crippen LogP contribution in [0.1, 0.15) is 30.5 Å². The minimum absolute atomic E-state index is 0.119. The Hall–Kier alpha value is -0.0900. The molecule has 88 valence electrons. The lowest BCUT2D eigenvalue weighted by Crippen LogP contribution is -2.32. The highest BCUT2D eigenvalue weighted by Gasteiger charge is 2.25. The monoisotopic (exact) mass is 303 g/mol. The standard InChI is InChI=1S/C12H15BrClNO/c1-7(6-16)15-12-3-2-9-10(12)4-8(14)5-11(9)13/h4-5,7,12,15-16H,2-3,6H2,1H3/t7-,12?/m0/s1. The lowest BCUT2D eigenvalue weighted by atomic mass is 10.1. The van der Waals surface area contributed by atoms with E-state index in [1.54, 1.807) is 0 Å². The second-order valence-electron chi connectivity index (χ2n) is 4.30. The highest BCUT2D eigenvalue weighted by atomic mass is 79.9. The van der Waals surface area contributed by atoms with Gasteiger partial charge < -0.3 is 10.4 Å². The lowest BCUT2D eigenvalue weighted by molar-refractivity contribution is 0.240. The van der Waals surface area contributed by atoms with Gasteiger partial charge in [-0.15, -0.1) is 0 Å². The van der Waals surface area contributed by atoms with E-state index >= 15 is 0 Å². The van der Waals surface area contributed by atoms with E-state index < -0.39 is 0 Å². The number of hydrogen-bond donors (Lipinski definition) is 2. The van der Waals surface area contributed by atoms with Crippen LogP contribution in [0.2, 0.25) is 5.02 Å². The van der Waals surface area contributed by atoms with Gasteiger partial charge >= 0.3 is 0 Å². The van der Waals surface area contributed by atoms with Gasteiger partial charge in [0.2, 0.25) is 0 Å². The van der Waals surface area contributed by atoms with Crippen LogP contribution in [0.25, 0.3) is 0 Å². The molecular weight excluding hydrogens is 289 g/mol. The van der Waals surface area contributed by atoms with Crippen molar-refractivity contribution in [1.29, 1.82) is 0 Å². The summed E-state index contributed by atoms with van der Waals surface area (Å²) in [5.74, 6) is 0. The highest BCUT2D eigenvalue weighted by molar-refractivity contribution is 9.10. The zero-order chi connectivity index (χ0) is 11.7. The summed E-state index contributed by atoms with van der Waals surface area (Å²) < 4.78 is 1.09. The predicted octanol–water partition coefficient (Wildman–Crippen LogP) is 3.06. The van der Waals surface area contributed by atoms with Crippen LogP contribution in [0.5, 0.6) is 0 Å². The van der Waals surface area contributed by atoms with Gasteiger partial charge in [0.15, 0.2) is 0 Å². The molecule has 1 unspecified atom stereocenters. The van der Waals surface area contributed by atoms with Crippen LogP contribution in [-0.4, -0.2) is 17.8 Å². The van der Waals surface area contributed by atoms with Crippen LogP contribution >= 0.6 is 27.5 Å². The number of nitrogens with one attached hydrogen (secondary N) is 1. The molecule has 0 bridgehead atoms. The zero-order valence-electron chi connectivity index (χ0n) is 9.13. The highest BCUT2D eigenvalue weighted by Crippen LogP contribution is 2.38. The van der Waals surface area contributed by atoms with E-state index in [1.807, 2.05) is 19.1 Å². The lowest BCUT2D eigenvalue weighted by Gasteiger charge is -2.19. The molecule has 4 heteroatoms. The van der Waals surface area contributed by atoms with Gasteiger partial charge in [-0.25, -0.2) is 0 Å². The Kier molecular flexibility index (Phi) is 3.90. The maximum atomic E-state index is 9.05. The topological polar surface area (TPSA) is 32.3 Å². The Morgan fingerprint density at radius 2 is 2.38 bits per heavy atom. The molecule has 2 nitrogen and oxygen atoms in total. The number of hydrogen-bond acceptors (Lipinski definition) is 2. The van der Waals surface area contributed by atoms with Crippen LogP contribution in [0.4, 0.5) is 0 Å². The molecule has 1 aromatic carbocycles. The van der Waals surface area contributed by atoms with Crippen molar-refractivity contribution in [2.45, 2.75) is 31.8 Å². The summed E-state index contributed by atoms with van der Waals surface area (Å²) in [7, 11) is 0. The van der Waals surface area contributed by atoms with Crippen molar-refractivity contribution in [3.8, 4) is 0 Å². The van der Waals surface area contributed by atoms with Gasteiger partial charge in [0.05, 0.1) is 6.61 Å². The fourth-order valence-electron chi connectivity index (χ4n) is 2.21. The van der Waals surface area contributed by atoms with Crippen molar-refractivity contribution in [2.75, 3.05) is 6.61 Å². The maximum Gasteiger partial charge on any atom is 0.0582 e. The Morgan fingerprint density at radius 1 is 1.62 bits per heavy atom. The Labute approximate surface area is 109 Å². The molecule has 0 aromatic heterocycles. The van der Waals surface area contributed by atoms with Crippen LogP contribution in [0.15, 0.2) is 16.6 Å². The van der Waals surface area contributed by atoms with Crippen LogP contribution in [0.3, 0.4) is 0 Å². The molecule has 0 radical (unpaired) electrons. The molecule has 0 saturated carbocycles. The third kappa shape index (κ3) is 2.43. The van der Waals surface area contributed by atoms with Gasteiger partial charge in [0, 0.05) is 21.6 Å². The summed E-state index contributed by atoms with van der Waals surface area (Å²) in [6, 6.07) is 4.40. The predicted molar refractivity (Wildman–Crippen MR) is 69.9 cm³/mol. The minimum Gasteiger partial charge on any atom is -0.395 e. The van der Waals surface area contributed by atoms with Crippen molar-refractivity contribution in [3.63, 3.8) is 0 Å². The first kappa shape index (κ1) is 12.4. The third-order valence-corrected chi connectivity index (χ3v) is 3.94.